The molecular weight excluding hydrogens is 270 g/mol. The molecule has 2 rings (SSSR count). The van der Waals surface area contributed by atoms with Gasteiger partial charge in [0.15, 0.2) is 0 Å². The normalized spacial score (nSPS) is 17.5. The molecule has 0 saturated carbocycles. The Morgan fingerprint density at radius 1 is 1.29 bits per heavy atom. The van der Waals surface area contributed by atoms with E-state index in [9.17, 15) is 5.11 Å². The third kappa shape index (κ3) is 3.61. The van der Waals surface area contributed by atoms with Gasteiger partial charge < -0.3 is 20.6 Å². The Hall–Kier alpha value is -1.44. The molecule has 1 aromatic heterocycles. The van der Waals surface area contributed by atoms with E-state index in [0.717, 1.165) is 42.9 Å². The molecule has 2 heterocycles. The first-order chi connectivity index (χ1) is 10.1. The van der Waals surface area contributed by atoms with E-state index >= 15 is 0 Å². The number of hydrogen-bond acceptors (Lipinski definition) is 7. The number of nitrogens with two attached hydrogens (primary N) is 1. The maximum absolute atomic E-state index is 9.79. The van der Waals surface area contributed by atoms with Crippen molar-refractivity contribution in [2.24, 2.45) is 5.84 Å². The number of hydrogen-bond donors (Lipinski definition) is 4. The van der Waals surface area contributed by atoms with E-state index < -0.39 is 0 Å². The second-order valence-electron chi connectivity index (χ2n) is 5.53. The van der Waals surface area contributed by atoms with E-state index in [2.05, 4.69) is 27.6 Å². The number of aromatic nitrogens is 2. The number of aryl methyl sites for hydroxylation is 1. The zero-order valence-electron chi connectivity index (χ0n) is 12.8. The molecule has 1 saturated heterocycles. The molecule has 5 N–H and O–H groups in total. The van der Waals surface area contributed by atoms with Crippen LogP contribution in [0.3, 0.4) is 0 Å². The van der Waals surface area contributed by atoms with Crippen molar-refractivity contribution in [1.82, 2.24) is 9.97 Å². The van der Waals surface area contributed by atoms with Crippen molar-refractivity contribution in [2.45, 2.75) is 45.1 Å². The summed E-state index contributed by atoms with van der Waals surface area (Å²) in [5.74, 6) is 7.65. The fraction of sp³-hybridized carbons (Fsp3) is 0.714. The fourth-order valence-electron chi connectivity index (χ4n) is 2.50. The molecule has 0 radical (unpaired) electrons. The van der Waals surface area contributed by atoms with Gasteiger partial charge in [0.25, 0.3) is 0 Å². The van der Waals surface area contributed by atoms with Gasteiger partial charge in [-0.1, -0.05) is 6.92 Å². The van der Waals surface area contributed by atoms with E-state index in [1.807, 2.05) is 6.92 Å². The highest BCUT2D eigenvalue weighted by Gasteiger charge is 2.33. The number of nitrogen functional groups attached to an aromatic ring is 1. The van der Waals surface area contributed by atoms with Crippen molar-refractivity contribution in [2.75, 3.05) is 30.6 Å². The minimum Gasteiger partial charge on any atom is -0.394 e. The van der Waals surface area contributed by atoms with E-state index in [-0.39, 0.29) is 12.1 Å². The van der Waals surface area contributed by atoms with Crippen LogP contribution in [0.4, 0.5) is 11.6 Å². The number of aliphatic hydroxyl groups excluding tert-OH is 1. The number of anilines is 2. The van der Waals surface area contributed by atoms with Gasteiger partial charge in [0.05, 0.1) is 12.1 Å². The topological polar surface area (TPSA) is 105 Å². The predicted molar refractivity (Wildman–Crippen MR) is 82.1 cm³/mol. The zero-order valence-corrected chi connectivity index (χ0v) is 12.8. The molecule has 0 bridgehead atoms. The van der Waals surface area contributed by atoms with Gasteiger partial charge in [-0.25, -0.2) is 15.8 Å². The highest BCUT2D eigenvalue weighted by molar-refractivity contribution is 5.57. The largest absolute Gasteiger partial charge is 0.394 e. The van der Waals surface area contributed by atoms with Gasteiger partial charge in [-0.15, -0.1) is 0 Å². The first-order valence-electron chi connectivity index (χ1n) is 7.45. The summed E-state index contributed by atoms with van der Waals surface area (Å²) in [6.07, 6.45) is 3.26. The second-order valence-corrected chi connectivity index (χ2v) is 5.53. The molecular formula is C14H25N5O2. The van der Waals surface area contributed by atoms with Crippen LogP contribution >= 0.6 is 0 Å². The van der Waals surface area contributed by atoms with Gasteiger partial charge in [-0.2, -0.15) is 0 Å². The molecule has 21 heavy (non-hydrogen) atoms. The maximum atomic E-state index is 9.79. The number of aliphatic hydroxyl groups is 1. The van der Waals surface area contributed by atoms with Crippen LogP contribution in [0.15, 0.2) is 0 Å². The Balaban J connectivity index is 2.30. The Kier molecular flexibility index (Phi) is 5.33. The Bertz CT molecular complexity index is 475. The van der Waals surface area contributed by atoms with Gasteiger partial charge in [-0.3, -0.25) is 0 Å². The molecule has 0 unspecified atom stereocenters. The number of ether oxygens (including phenoxy) is 1. The third-order valence-corrected chi connectivity index (χ3v) is 3.94. The van der Waals surface area contributed by atoms with Gasteiger partial charge in [0, 0.05) is 25.2 Å². The van der Waals surface area contributed by atoms with Gasteiger partial charge in [-0.05, 0) is 26.2 Å². The molecule has 118 valence electrons. The highest BCUT2D eigenvalue weighted by Crippen LogP contribution is 2.28. The van der Waals surface area contributed by atoms with Crippen molar-refractivity contribution in [3.05, 3.63) is 11.4 Å². The molecule has 7 nitrogen and oxygen atoms in total. The van der Waals surface area contributed by atoms with E-state index in [4.69, 9.17) is 10.6 Å². The molecule has 0 spiro atoms. The van der Waals surface area contributed by atoms with Crippen LogP contribution in [0.25, 0.3) is 0 Å². The predicted octanol–water partition coefficient (Wildman–Crippen LogP) is 0.977. The lowest BCUT2D eigenvalue weighted by Gasteiger charge is -2.37. The van der Waals surface area contributed by atoms with Crippen molar-refractivity contribution >= 4 is 11.6 Å². The Morgan fingerprint density at radius 3 is 2.52 bits per heavy atom. The van der Waals surface area contributed by atoms with Gasteiger partial charge >= 0.3 is 0 Å². The molecule has 0 atom stereocenters. The van der Waals surface area contributed by atoms with Gasteiger partial charge in [0.2, 0.25) is 0 Å². The monoisotopic (exact) mass is 295 g/mol. The van der Waals surface area contributed by atoms with Gasteiger partial charge in [0.1, 0.15) is 17.5 Å². The first kappa shape index (κ1) is 15.9. The van der Waals surface area contributed by atoms with Crippen LogP contribution in [0.2, 0.25) is 0 Å². The number of rotatable bonds is 6. The third-order valence-electron chi connectivity index (χ3n) is 3.94. The van der Waals surface area contributed by atoms with Crippen molar-refractivity contribution in [3.8, 4) is 0 Å². The minimum absolute atomic E-state index is 0.0499. The summed E-state index contributed by atoms with van der Waals surface area (Å²) >= 11 is 0. The van der Waals surface area contributed by atoms with Crippen molar-refractivity contribution < 1.29 is 9.84 Å². The van der Waals surface area contributed by atoms with Crippen LogP contribution in [0.5, 0.6) is 0 Å². The quantitative estimate of drug-likeness (QED) is 0.458. The summed E-state index contributed by atoms with van der Waals surface area (Å²) in [6.45, 7) is 5.33. The molecule has 1 fully saturated rings. The number of nitrogens with one attached hydrogen (secondary N) is 2. The lowest BCUT2D eigenvalue weighted by Crippen LogP contribution is -2.47. The summed E-state index contributed by atoms with van der Waals surface area (Å²) < 4.78 is 5.39. The second kappa shape index (κ2) is 7.02. The van der Waals surface area contributed by atoms with Crippen molar-refractivity contribution in [3.63, 3.8) is 0 Å². The van der Waals surface area contributed by atoms with Crippen molar-refractivity contribution in [1.29, 1.82) is 0 Å². The summed E-state index contributed by atoms with van der Waals surface area (Å²) in [7, 11) is 0. The standard InChI is InChI=1S/C14H25N5O2/c1-3-4-11-16-12(10(2)13(17-11)19-15)18-14(9-20)5-7-21-8-6-14/h20H,3-9,15H2,1-2H3,(H2,16,17,18,19). The maximum Gasteiger partial charge on any atom is 0.148 e. The van der Waals surface area contributed by atoms with Crippen LogP contribution in [-0.2, 0) is 11.2 Å². The van der Waals surface area contributed by atoms with Crippen LogP contribution < -0.4 is 16.6 Å². The summed E-state index contributed by atoms with van der Waals surface area (Å²) in [4.78, 5) is 9.00. The Morgan fingerprint density at radius 2 is 1.95 bits per heavy atom. The average molecular weight is 295 g/mol. The molecule has 0 aromatic carbocycles. The van der Waals surface area contributed by atoms with Crippen LogP contribution in [0, 0.1) is 6.92 Å². The first-order valence-corrected chi connectivity index (χ1v) is 7.45. The molecule has 1 aliphatic heterocycles. The number of hydrazine groups is 1. The minimum atomic E-state index is -0.382. The highest BCUT2D eigenvalue weighted by atomic mass is 16.5. The van der Waals surface area contributed by atoms with Crippen LogP contribution in [-0.4, -0.2) is 40.4 Å². The lowest BCUT2D eigenvalue weighted by molar-refractivity contribution is 0.0378. The average Bonchev–Trinajstić information content (AvgIpc) is 2.51. The van der Waals surface area contributed by atoms with E-state index in [1.54, 1.807) is 0 Å². The molecule has 7 heteroatoms. The lowest BCUT2D eigenvalue weighted by atomic mass is 9.91. The SMILES string of the molecule is CCCc1nc(NN)c(C)c(NC2(CO)CCOCC2)n1. The number of nitrogens with zero attached hydrogens (tertiary/aromatic N) is 2. The molecule has 1 aliphatic rings. The fourth-order valence-corrected chi connectivity index (χ4v) is 2.50. The summed E-state index contributed by atoms with van der Waals surface area (Å²) in [6, 6.07) is 0. The van der Waals surface area contributed by atoms with E-state index in [0.29, 0.717) is 19.0 Å². The van der Waals surface area contributed by atoms with E-state index in [1.165, 1.54) is 0 Å². The Labute approximate surface area is 125 Å². The summed E-state index contributed by atoms with van der Waals surface area (Å²) in [5, 5.41) is 13.2. The summed E-state index contributed by atoms with van der Waals surface area (Å²) in [5.41, 5.74) is 3.10. The zero-order chi connectivity index (χ0) is 15.3. The molecule has 0 aliphatic carbocycles. The smallest absolute Gasteiger partial charge is 0.148 e. The van der Waals surface area contributed by atoms with Crippen LogP contribution in [0.1, 0.15) is 37.6 Å². The molecule has 1 aromatic rings. The molecule has 0 amide bonds.